The fraction of sp³-hybridized carbons (Fsp3) is 0.250. The second kappa shape index (κ2) is 11.5. The van der Waals surface area contributed by atoms with Crippen LogP contribution < -0.4 is 10.3 Å². The number of ether oxygens (including phenoxy) is 2. The maximum atomic E-state index is 13.8. The van der Waals surface area contributed by atoms with Crippen molar-refractivity contribution in [3.63, 3.8) is 0 Å². The predicted octanol–water partition coefficient (Wildman–Crippen LogP) is 5.40. The zero-order chi connectivity index (χ0) is 25.7. The van der Waals surface area contributed by atoms with Crippen molar-refractivity contribution in [2.45, 2.75) is 19.4 Å². The first-order valence-corrected chi connectivity index (χ1v) is 12.5. The molecule has 0 bridgehead atoms. The number of rotatable bonds is 9. The zero-order valence-corrected chi connectivity index (χ0v) is 22.1. The van der Waals surface area contributed by atoms with Crippen LogP contribution >= 0.6 is 15.9 Å². The van der Waals surface area contributed by atoms with E-state index in [1.54, 1.807) is 54.0 Å². The molecule has 0 aliphatic heterocycles. The first kappa shape index (κ1) is 25.6. The summed E-state index contributed by atoms with van der Waals surface area (Å²) in [5, 5.41) is 0.508. The van der Waals surface area contributed by atoms with Gasteiger partial charge in [0.15, 0.2) is 0 Å². The van der Waals surface area contributed by atoms with Gasteiger partial charge in [-0.25, -0.2) is 4.98 Å². The predicted molar refractivity (Wildman–Crippen MR) is 144 cm³/mol. The number of carbonyl (C=O) groups is 1. The molecule has 1 heterocycles. The summed E-state index contributed by atoms with van der Waals surface area (Å²) in [5.41, 5.74) is 1.58. The van der Waals surface area contributed by atoms with Crippen molar-refractivity contribution in [2.75, 3.05) is 27.4 Å². The normalized spacial score (nSPS) is 11.9. The highest BCUT2D eigenvalue weighted by atomic mass is 79.9. The molecule has 0 aliphatic carbocycles. The molecular weight excluding hydrogens is 522 g/mol. The third-order valence-electron chi connectivity index (χ3n) is 6.06. The van der Waals surface area contributed by atoms with Crippen molar-refractivity contribution in [3.05, 3.63) is 99.0 Å². The van der Waals surface area contributed by atoms with E-state index in [0.29, 0.717) is 53.3 Å². The summed E-state index contributed by atoms with van der Waals surface area (Å²) in [5.74, 6) is 1.01. The van der Waals surface area contributed by atoms with E-state index >= 15 is 0 Å². The molecule has 0 fully saturated rings. The minimum Gasteiger partial charge on any atom is -0.497 e. The number of aromatic nitrogens is 2. The second-order valence-corrected chi connectivity index (χ2v) is 9.17. The highest BCUT2D eigenvalue weighted by Crippen LogP contribution is 2.28. The number of nitrogens with zero attached hydrogens (tertiary/aromatic N) is 3. The Labute approximate surface area is 218 Å². The van der Waals surface area contributed by atoms with Gasteiger partial charge in [0.2, 0.25) is 0 Å². The lowest BCUT2D eigenvalue weighted by Gasteiger charge is -2.32. The highest BCUT2D eigenvalue weighted by molar-refractivity contribution is 9.10. The van der Waals surface area contributed by atoms with Gasteiger partial charge in [0.05, 0.1) is 36.3 Å². The van der Waals surface area contributed by atoms with Gasteiger partial charge < -0.3 is 14.4 Å². The van der Waals surface area contributed by atoms with Crippen LogP contribution in [0.1, 0.15) is 35.6 Å². The summed E-state index contributed by atoms with van der Waals surface area (Å²) in [4.78, 5) is 34.3. The molecule has 4 rings (SSSR count). The number of hydrogen-bond acceptors (Lipinski definition) is 5. The Morgan fingerprint density at radius 2 is 1.81 bits per heavy atom. The minimum absolute atomic E-state index is 0.163. The molecule has 3 aromatic carbocycles. The van der Waals surface area contributed by atoms with Gasteiger partial charge in [0.1, 0.15) is 11.6 Å². The van der Waals surface area contributed by atoms with Gasteiger partial charge in [0, 0.05) is 23.7 Å². The van der Waals surface area contributed by atoms with Gasteiger partial charge >= 0.3 is 0 Å². The van der Waals surface area contributed by atoms with Gasteiger partial charge in [0.25, 0.3) is 11.5 Å². The average Bonchev–Trinajstić information content (AvgIpc) is 2.91. The maximum absolute atomic E-state index is 13.8. The van der Waals surface area contributed by atoms with E-state index in [4.69, 9.17) is 14.5 Å². The number of benzene rings is 3. The lowest BCUT2D eigenvalue weighted by molar-refractivity contribution is 0.0579. The Bertz CT molecular complexity index is 1420. The number of methoxy groups -OCH3 is 2. The lowest BCUT2D eigenvalue weighted by Crippen LogP contribution is -2.40. The molecule has 0 saturated carbocycles. The van der Waals surface area contributed by atoms with E-state index in [0.717, 1.165) is 4.47 Å². The van der Waals surface area contributed by atoms with Crippen LogP contribution in [0.4, 0.5) is 0 Å². The van der Waals surface area contributed by atoms with Gasteiger partial charge in [-0.05, 0) is 61.0 Å². The molecule has 186 valence electrons. The molecule has 1 atom stereocenters. The largest absolute Gasteiger partial charge is 0.497 e. The Morgan fingerprint density at radius 1 is 1.06 bits per heavy atom. The van der Waals surface area contributed by atoms with Crippen molar-refractivity contribution in [1.82, 2.24) is 14.5 Å². The van der Waals surface area contributed by atoms with Gasteiger partial charge in [-0.15, -0.1) is 0 Å². The van der Waals surface area contributed by atoms with Crippen molar-refractivity contribution >= 4 is 32.7 Å². The molecular formula is C28H28BrN3O4. The number of amides is 1. The lowest BCUT2D eigenvalue weighted by atomic mass is 10.1. The molecule has 1 unspecified atom stereocenters. The average molecular weight is 550 g/mol. The van der Waals surface area contributed by atoms with Crippen LogP contribution in [0.25, 0.3) is 16.6 Å². The number of carbonyl (C=O) groups excluding carboxylic acids is 1. The van der Waals surface area contributed by atoms with Crippen LogP contribution in [0.2, 0.25) is 0 Å². The van der Waals surface area contributed by atoms with Gasteiger partial charge in [-0.2, -0.15) is 0 Å². The molecule has 36 heavy (non-hydrogen) atoms. The molecule has 7 nitrogen and oxygen atoms in total. The second-order valence-electron chi connectivity index (χ2n) is 8.25. The highest BCUT2D eigenvalue weighted by Gasteiger charge is 2.29. The molecule has 0 saturated heterocycles. The summed E-state index contributed by atoms with van der Waals surface area (Å²) in [6, 6.07) is 21.3. The molecule has 4 aromatic rings. The van der Waals surface area contributed by atoms with Crippen LogP contribution in [0.15, 0.2) is 82.1 Å². The monoisotopic (exact) mass is 549 g/mol. The fourth-order valence-electron chi connectivity index (χ4n) is 4.27. The first-order valence-electron chi connectivity index (χ1n) is 11.7. The summed E-state index contributed by atoms with van der Waals surface area (Å²) in [6.07, 6.45) is 0.546. The van der Waals surface area contributed by atoms with Crippen LogP contribution in [0.3, 0.4) is 0 Å². The summed E-state index contributed by atoms with van der Waals surface area (Å²) < 4.78 is 13.1. The zero-order valence-electron chi connectivity index (χ0n) is 20.5. The van der Waals surface area contributed by atoms with Crippen molar-refractivity contribution < 1.29 is 14.3 Å². The quantitative estimate of drug-likeness (QED) is 0.279. The smallest absolute Gasteiger partial charge is 0.266 e. The number of halogens is 1. The molecule has 0 spiro atoms. The maximum Gasteiger partial charge on any atom is 0.266 e. The van der Waals surface area contributed by atoms with E-state index < -0.39 is 6.04 Å². The van der Waals surface area contributed by atoms with E-state index in [-0.39, 0.29) is 11.5 Å². The van der Waals surface area contributed by atoms with E-state index in [1.165, 1.54) is 0 Å². The van der Waals surface area contributed by atoms with E-state index in [9.17, 15) is 9.59 Å². The standard InChI is InChI=1S/C28H28BrN3O4/c1-4-25(31(16-17-35-2)27(33)19-8-7-9-20(29)18-19)26-30-24-11-6-5-10-23(24)28(34)32(26)21-12-14-22(36-3)15-13-21/h5-15,18,25H,4,16-17H2,1-3H3. The number of fused-ring (bicyclic) bond motifs is 1. The third kappa shape index (κ3) is 5.20. The Kier molecular flexibility index (Phi) is 8.18. The minimum atomic E-state index is -0.481. The van der Waals surface area contributed by atoms with Crippen LogP contribution in [-0.2, 0) is 4.74 Å². The summed E-state index contributed by atoms with van der Waals surface area (Å²) in [6.45, 7) is 2.67. The molecule has 1 amide bonds. The van der Waals surface area contributed by atoms with E-state index in [1.807, 2.05) is 49.4 Å². The Hall–Kier alpha value is -3.49. The molecule has 0 aliphatic rings. The fourth-order valence-corrected chi connectivity index (χ4v) is 4.67. The molecule has 0 radical (unpaired) electrons. The van der Waals surface area contributed by atoms with Gasteiger partial charge in [-0.1, -0.05) is 41.1 Å². The van der Waals surface area contributed by atoms with Crippen LogP contribution in [-0.4, -0.2) is 47.7 Å². The van der Waals surface area contributed by atoms with E-state index in [2.05, 4.69) is 15.9 Å². The summed E-state index contributed by atoms with van der Waals surface area (Å²) in [7, 11) is 3.20. The number of para-hydroxylation sites is 1. The van der Waals surface area contributed by atoms with Crippen LogP contribution in [0.5, 0.6) is 5.75 Å². The third-order valence-corrected chi connectivity index (χ3v) is 6.56. The van der Waals surface area contributed by atoms with Crippen LogP contribution in [0, 0.1) is 0 Å². The Balaban J connectivity index is 1.93. The first-order chi connectivity index (χ1) is 17.5. The van der Waals surface area contributed by atoms with Crippen molar-refractivity contribution in [1.29, 1.82) is 0 Å². The van der Waals surface area contributed by atoms with Crippen molar-refractivity contribution in [3.8, 4) is 11.4 Å². The van der Waals surface area contributed by atoms with Gasteiger partial charge in [-0.3, -0.25) is 14.2 Å². The molecule has 0 N–H and O–H groups in total. The Morgan fingerprint density at radius 3 is 2.47 bits per heavy atom. The summed E-state index contributed by atoms with van der Waals surface area (Å²) >= 11 is 3.46. The molecule has 1 aromatic heterocycles. The molecule has 8 heteroatoms. The van der Waals surface area contributed by atoms with Crippen molar-refractivity contribution in [2.24, 2.45) is 0 Å². The topological polar surface area (TPSA) is 73.7 Å². The number of hydrogen-bond donors (Lipinski definition) is 0. The SMILES string of the molecule is CCC(c1nc2ccccc2c(=O)n1-c1ccc(OC)cc1)N(CCOC)C(=O)c1cccc(Br)c1.